The van der Waals surface area contributed by atoms with Crippen molar-refractivity contribution in [3.63, 3.8) is 0 Å². The molecule has 3 heterocycles. The molecule has 1 unspecified atom stereocenters. The summed E-state index contributed by atoms with van der Waals surface area (Å²) in [6.07, 6.45) is 2.51. The first kappa shape index (κ1) is 14.3. The summed E-state index contributed by atoms with van der Waals surface area (Å²) in [6, 6.07) is 0.841. The average Bonchev–Trinajstić information content (AvgIpc) is 2.95. The van der Waals surface area contributed by atoms with Crippen molar-refractivity contribution in [1.29, 1.82) is 0 Å². The Bertz CT molecular complexity index is 539. The van der Waals surface area contributed by atoms with Gasteiger partial charge < -0.3 is 20.6 Å². The van der Waals surface area contributed by atoms with Crippen LogP contribution in [0.4, 0.5) is 4.79 Å². The highest BCUT2D eigenvalue weighted by Crippen LogP contribution is 2.33. The van der Waals surface area contributed by atoms with E-state index in [1.807, 2.05) is 11.4 Å². The molecule has 0 bridgehead atoms. The Morgan fingerprint density at radius 2 is 2.14 bits per heavy atom. The zero-order valence-electron chi connectivity index (χ0n) is 11.7. The topological polar surface area (TPSA) is 81.7 Å². The van der Waals surface area contributed by atoms with Crippen LogP contribution < -0.4 is 10.6 Å². The number of rotatable bonds is 2. The number of amides is 2. The fraction of sp³-hybridized carbons (Fsp3) is 0.571. The zero-order valence-corrected chi connectivity index (χ0v) is 12.5. The van der Waals surface area contributed by atoms with Crippen LogP contribution in [0, 0.1) is 0 Å². The SMILES string of the molecule is O=C(O)C1c2ccsc2CCN1C(=O)NC1CCNCC1. The number of nitrogens with one attached hydrogen (secondary N) is 2. The van der Waals surface area contributed by atoms with Crippen molar-refractivity contribution in [3.05, 3.63) is 21.9 Å². The summed E-state index contributed by atoms with van der Waals surface area (Å²) in [6.45, 7) is 2.24. The summed E-state index contributed by atoms with van der Waals surface area (Å²) in [5.41, 5.74) is 0.763. The molecule has 2 aliphatic rings. The smallest absolute Gasteiger partial charge is 0.331 e. The lowest BCUT2D eigenvalue weighted by Gasteiger charge is -2.35. The van der Waals surface area contributed by atoms with Crippen LogP contribution >= 0.6 is 11.3 Å². The highest BCUT2D eigenvalue weighted by atomic mass is 32.1. The molecule has 0 spiro atoms. The maximum Gasteiger partial charge on any atom is 0.331 e. The first-order chi connectivity index (χ1) is 10.2. The van der Waals surface area contributed by atoms with Gasteiger partial charge in [0, 0.05) is 17.5 Å². The van der Waals surface area contributed by atoms with Crippen LogP contribution in [-0.4, -0.2) is 47.7 Å². The maximum absolute atomic E-state index is 12.4. The minimum atomic E-state index is -0.963. The van der Waals surface area contributed by atoms with E-state index in [1.54, 1.807) is 11.3 Å². The predicted octanol–water partition coefficient (Wildman–Crippen LogP) is 1.19. The molecule has 2 amide bonds. The highest BCUT2D eigenvalue weighted by molar-refractivity contribution is 7.10. The van der Waals surface area contributed by atoms with E-state index >= 15 is 0 Å². The normalized spacial score (nSPS) is 22.7. The van der Waals surface area contributed by atoms with Gasteiger partial charge in [0.1, 0.15) is 0 Å². The van der Waals surface area contributed by atoms with Gasteiger partial charge in [0.15, 0.2) is 6.04 Å². The maximum atomic E-state index is 12.4. The lowest BCUT2D eigenvalue weighted by molar-refractivity contribution is -0.142. The van der Waals surface area contributed by atoms with Crippen molar-refractivity contribution >= 4 is 23.3 Å². The molecule has 7 heteroatoms. The third-order valence-electron chi connectivity index (χ3n) is 4.13. The molecule has 0 radical (unpaired) electrons. The minimum Gasteiger partial charge on any atom is -0.479 e. The summed E-state index contributed by atoms with van der Waals surface area (Å²) in [5.74, 6) is -0.963. The zero-order chi connectivity index (χ0) is 14.8. The number of carbonyl (C=O) groups excluding carboxylic acids is 1. The second-order valence-electron chi connectivity index (χ2n) is 5.46. The molecule has 21 heavy (non-hydrogen) atoms. The number of urea groups is 1. The molecule has 114 valence electrons. The minimum absolute atomic E-state index is 0.136. The second kappa shape index (κ2) is 6.03. The van der Waals surface area contributed by atoms with E-state index < -0.39 is 12.0 Å². The Kier molecular flexibility index (Phi) is 4.12. The Balaban J connectivity index is 1.74. The van der Waals surface area contributed by atoms with Crippen LogP contribution in [0.2, 0.25) is 0 Å². The van der Waals surface area contributed by atoms with Crippen molar-refractivity contribution in [2.24, 2.45) is 0 Å². The van der Waals surface area contributed by atoms with Crippen LogP contribution in [0.15, 0.2) is 11.4 Å². The number of hydrogen-bond donors (Lipinski definition) is 3. The largest absolute Gasteiger partial charge is 0.479 e. The van der Waals surface area contributed by atoms with Gasteiger partial charge in [-0.2, -0.15) is 0 Å². The number of aliphatic carboxylic acids is 1. The molecular weight excluding hydrogens is 290 g/mol. The number of thiophene rings is 1. The van der Waals surface area contributed by atoms with Crippen LogP contribution in [0.1, 0.15) is 29.3 Å². The van der Waals surface area contributed by atoms with Crippen molar-refractivity contribution in [2.45, 2.75) is 31.3 Å². The fourth-order valence-corrected chi connectivity index (χ4v) is 3.93. The number of nitrogens with zero attached hydrogens (tertiary/aromatic N) is 1. The molecule has 0 saturated carbocycles. The number of hydrogen-bond acceptors (Lipinski definition) is 4. The molecule has 1 atom stereocenters. The fourth-order valence-electron chi connectivity index (χ4n) is 3.03. The van der Waals surface area contributed by atoms with Crippen molar-refractivity contribution in [2.75, 3.05) is 19.6 Å². The summed E-state index contributed by atoms with van der Waals surface area (Å²) in [5, 5.41) is 17.6. The van der Waals surface area contributed by atoms with Gasteiger partial charge in [0.05, 0.1) is 0 Å². The molecule has 2 aliphatic heterocycles. The lowest BCUT2D eigenvalue weighted by Crippen LogP contribution is -2.52. The molecule has 3 rings (SSSR count). The van der Waals surface area contributed by atoms with Crippen LogP contribution in [0.5, 0.6) is 0 Å². The van der Waals surface area contributed by atoms with Gasteiger partial charge in [-0.05, 0) is 49.4 Å². The second-order valence-corrected chi connectivity index (χ2v) is 6.46. The first-order valence-corrected chi connectivity index (χ1v) is 8.11. The monoisotopic (exact) mass is 309 g/mol. The van der Waals surface area contributed by atoms with Gasteiger partial charge >= 0.3 is 12.0 Å². The van der Waals surface area contributed by atoms with Gasteiger partial charge in [-0.3, -0.25) is 0 Å². The van der Waals surface area contributed by atoms with Gasteiger partial charge in [-0.1, -0.05) is 0 Å². The van der Waals surface area contributed by atoms with E-state index in [9.17, 15) is 14.7 Å². The number of fused-ring (bicyclic) bond motifs is 1. The predicted molar refractivity (Wildman–Crippen MR) is 79.5 cm³/mol. The van der Waals surface area contributed by atoms with E-state index in [-0.39, 0.29) is 12.1 Å². The lowest BCUT2D eigenvalue weighted by atomic mass is 10.0. The quantitative estimate of drug-likeness (QED) is 0.766. The van der Waals surface area contributed by atoms with E-state index in [4.69, 9.17) is 0 Å². The summed E-state index contributed by atoms with van der Waals surface area (Å²) < 4.78 is 0. The van der Waals surface area contributed by atoms with Gasteiger partial charge in [0.25, 0.3) is 0 Å². The third kappa shape index (κ3) is 2.89. The molecule has 6 nitrogen and oxygen atoms in total. The summed E-state index contributed by atoms with van der Waals surface area (Å²) >= 11 is 1.57. The number of piperidine rings is 1. The van der Waals surface area contributed by atoms with E-state index in [0.717, 1.165) is 42.8 Å². The molecule has 1 saturated heterocycles. The Hall–Kier alpha value is -1.60. The van der Waals surface area contributed by atoms with E-state index in [1.165, 1.54) is 4.90 Å². The summed E-state index contributed by atoms with van der Waals surface area (Å²) in [7, 11) is 0. The molecule has 1 fully saturated rings. The molecule has 1 aromatic heterocycles. The Morgan fingerprint density at radius 3 is 2.86 bits per heavy atom. The Labute approximate surface area is 127 Å². The highest BCUT2D eigenvalue weighted by Gasteiger charge is 2.37. The van der Waals surface area contributed by atoms with Gasteiger partial charge in [0.2, 0.25) is 0 Å². The third-order valence-corrected chi connectivity index (χ3v) is 5.12. The number of carbonyl (C=O) groups is 2. The number of carboxylic acids is 1. The average molecular weight is 309 g/mol. The molecular formula is C14H19N3O3S. The molecule has 0 aromatic carbocycles. The number of carboxylic acid groups (broad SMARTS) is 1. The van der Waals surface area contributed by atoms with Gasteiger partial charge in [-0.25, -0.2) is 9.59 Å². The van der Waals surface area contributed by atoms with Crippen LogP contribution in [0.3, 0.4) is 0 Å². The standard InChI is InChI=1S/C14H19N3O3S/c18-13(19)12-10-4-8-21-11(10)3-7-17(12)14(20)16-9-1-5-15-6-2-9/h4,8-9,12,15H,1-3,5-7H2,(H,16,20)(H,18,19). The van der Waals surface area contributed by atoms with Crippen molar-refractivity contribution in [3.8, 4) is 0 Å². The van der Waals surface area contributed by atoms with Gasteiger partial charge in [-0.15, -0.1) is 11.3 Å². The molecule has 3 N–H and O–H groups in total. The van der Waals surface area contributed by atoms with Crippen molar-refractivity contribution in [1.82, 2.24) is 15.5 Å². The van der Waals surface area contributed by atoms with Crippen LogP contribution in [-0.2, 0) is 11.2 Å². The van der Waals surface area contributed by atoms with Crippen molar-refractivity contribution < 1.29 is 14.7 Å². The molecule has 0 aliphatic carbocycles. The molecule has 1 aromatic rings. The van der Waals surface area contributed by atoms with E-state index in [2.05, 4.69) is 10.6 Å². The summed E-state index contributed by atoms with van der Waals surface area (Å²) in [4.78, 5) is 26.6. The van der Waals surface area contributed by atoms with E-state index in [0.29, 0.717) is 6.54 Å². The van der Waals surface area contributed by atoms with Crippen LogP contribution in [0.25, 0.3) is 0 Å². The Morgan fingerprint density at radius 1 is 1.38 bits per heavy atom. The first-order valence-electron chi connectivity index (χ1n) is 7.23.